The summed E-state index contributed by atoms with van der Waals surface area (Å²) < 4.78 is 0.781. The predicted octanol–water partition coefficient (Wildman–Crippen LogP) is 4.41. The van der Waals surface area contributed by atoms with E-state index < -0.39 is 5.97 Å². The fourth-order valence-corrected chi connectivity index (χ4v) is 2.96. The highest BCUT2D eigenvalue weighted by Crippen LogP contribution is 2.23. The van der Waals surface area contributed by atoms with E-state index in [-0.39, 0.29) is 10.6 Å². The fraction of sp³-hybridized carbons (Fsp3) is 0.154. The molecule has 0 aliphatic carbocycles. The average Bonchev–Trinajstić information content (AvgIpc) is 2.75. The van der Waals surface area contributed by atoms with Crippen molar-refractivity contribution >= 4 is 46.2 Å². The zero-order valence-corrected chi connectivity index (χ0v) is 12.1. The molecule has 100 valence electrons. The minimum atomic E-state index is -1.02. The molecule has 0 atom stereocenters. The molecule has 0 aliphatic rings. The Balaban J connectivity index is 1.93. The van der Waals surface area contributed by atoms with Crippen LogP contribution in [-0.4, -0.2) is 17.6 Å². The van der Waals surface area contributed by atoms with Crippen LogP contribution in [0.15, 0.2) is 30.3 Å². The Morgan fingerprint density at radius 2 is 2.05 bits per heavy atom. The number of hydrogen-bond donors (Lipinski definition) is 2. The molecule has 1 heterocycles. The first-order valence-electron chi connectivity index (χ1n) is 5.57. The lowest BCUT2D eigenvalue weighted by Gasteiger charge is -2.07. The maximum Gasteiger partial charge on any atom is 0.337 e. The van der Waals surface area contributed by atoms with E-state index in [0.29, 0.717) is 0 Å². The molecular weight excluding hydrogens is 305 g/mol. The van der Waals surface area contributed by atoms with Crippen molar-refractivity contribution in [1.29, 1.82) is 0 Å². The predicted molar refractivity (Wildman–Crippen MR) is 79.9 cm³/mol. The summed E-state index contributed by atoms with van der Waals surface area (Å²) in [6.07, 6.45) is 0.857. The standard InChI is InChI=1S/C13H11Cl2NO2S/c14-11-7-8(1-3-10(11)13(17)18)16-6-5-9-2-4-12(15)19-9/h1-4,7,16H,5-6H2,(H,17,18). The third-order valence-corrected chi connectivity index (χ3v) is 4.13. The van der Waals surface area contributed by atoms with Crippen LogP contribution in [0.25, 0.3) is 0 Å². The molecule has 0 saturated heterocycles. The summed E-state index contributed by atoms with van der Waals surface area (Å²) in [4.78, 5) is 12.0. The van der Waals surface area contributed by atoms with Gasteiger partial charge in [-0.15, -0.1) is 11.3 Å². The van der Waals surface area contributed by atoms with Crippen molar-refractivity contribution in [2.24, 2.45) is 0 Å². The summed E-state index contributed by atoms with van der Waals surface area (Å²) in [6.45, 7) is 0.736. The van der Waals surface area contributed by atoms with E-state index in [1.165, 1.54) is 10.9 Å². The maximum absolute atomic E-state index is 10.8. The van der Waals surface area contributed by atoms with Gasteiger partial charge in [0.05, 0.1) is 14.9 Å². The SMILES string of the molecule is O=C(O)c1ccc(NCCc2ccc(Cl)s2)cc1Cl. The number of benzene rings is 1. The first kappa shape index (κ1) is 14.2. The van der Waals surface area contributed by atoms with Crippen molar-refractivity contribution in [3.63, 3.8) is 0 Å². The Morgan fingerprint density at radius 1 is 1.26 bits per heavy atom. The van der Waals surface area contributed by atoms with E-state index in [4.69, 9.17) is 28.3 Å². The molecule has 0 fully saturated rings. The third-order valence-electron chi connectivity index (χ3n) is 2.53. The number of carboxylic acid groups (broad SMARTS) is 1. The molecule has 1 aromatic carbocycles. The minimum Gasteiger partial charge on any atom is -0.478 e. The van der Waals surface area contributed by atoms with Crippen LogP contribution in [0.4, 0.5) is 5.69 Å². The molecular formula is C13H11Cl2NO2S. The second-order valence-corrected chi connectivity index (χ2v) is 6.09. The number of anilines is 1. The van der Waals surface area contributed by atoms with Crippen molar-refractivity contribution in [1.82, 2.24) is 0 Å². The van der Waals surface area contributed by atoms with Crippen LogP contribution in [0.5, 0.6) is 0 Å². The van der Waals surface area contributed by atoms with E-state index in [9.17, 15) is 4.79 Å². The molecule has 6 heteroatoms. The van der Waals surface area contributed by atoms with Gasteiger partial charge in [-0.1, -0.05) is 23.2 Å². The van der Waals surface area contributed by atoms with Crippen LogP contribution in [0.3, 0.4) is 0 Å². The molecule has 0 aliphatic heterocycles. The number of carbonyl (C=O) groups is 1. The van der Waals surface area contributed by atoms with Gasteiger partial charge >= 0.3 is 5.97 Å². The van der Waals surface area contributed by atoms with Crippen LogP contribution >= 0.6 is 34.5 Å². The molecule has 0 saturated carbocycles. The lowest BCUT2D eigenvalue weighted by molar-refractivity contribution is 0.0697. The number of halogens is 2. The minimum absolute atomic E-state index is 0.109. The highest BCUT2D eigenvalue weighted by molar-refractivity contribution is 7.16. The van der Waals surface area contributed by atoms with E-state index in [2.05, 4.69) is 5.32 Å². The van der Waals surface area contributed by atoms with Gasteiger partial charge in [0.25, 0.3) is 0 Å². The Kier molecular flexibility index (Phi) is 4.69. The second kappa shape index (κ2) is 6.28. The molecule has 3 nitrogen and oxygen atoms in total. The van der Waals surface area contributed by atoms with Crippen LogP contribution < -0.4 is 5.32 Å². The highest BCUT2D eigenvalue weighted by atomic mass is 35.5. The first-order valence-corrected chi connectivity index (χ1v) is 7.14. The quantitative estimate of drug-likeness (QED) is 0.859. The number of aromatic carboxylic acids is 1. The number of thiophene rings is 1. The maximum atomic E-state index is 10.8. The molecule has 0 spiro atoms. The third kappa shape index (κ3) is 3.86. The zero-order valence-electron chi connectivity index (χ0n) is 9.82. The van der Waals surface area contributed by atoms with Crippen molar-refractivity contribution in [2.45, 2.75) is 6.42 Å². The number of nitrogens with one attached hydrogen (secondary N) is 1. The topological polar surface area (TPSA) is 49.3 Å². The van der Waals surface area contributed by atoms with E-state index in [0.717, 1.165) is 23.0 Å². The summed E-state index contributed by atoms with van der Waals surface area (Å²) in [5.41, 5.74) is 0.912. The molecule has 2 rings (SSSR count). The monoisotopic (exact) mass is 315 g/mol. The molecule has 0 radical (unpaired) electrons. The van der Waals surface area contributed by atoms with Crippen molar-refractivity contribution in [3.05, 3.63) is 50.1 Å². The highest BCUT2D eigenvalue weighted by Gasteiger charge is 2.08. The van der Waals surface area contributed by atoms with E-state index >= 15 is 0 Å². The number of hydrogen-bond acceptors (Lipinski definition) is 3. The Labute approximate surface area is 124 Å². The van der Waals surface area contributed by atoms with Crippen molar-refractivity contribution in [3.8, 4) is 0 Å². The molecule has 1 aromatic heterocycles. The Morgan fingerprint density at radius 3 is 2.63 bits per heavy atom. The smallest absolute Gasteiger partial charge is 0.337 e. The molecule has 19 heavy (non-hydrogen) atoms. The summed E-state index contributed by atoms with van der Waals surface area (Å²) in [5.74, 6) is -1.02. The second-order valence-electron chi connectivity index (χ2n) is 3.88. The fourth-order valence-electron chi connectivity index (χ4n) is 1.61. The average molecular weight is 316 g/mol. The molecule has 0 unspecified atom stereocenters. The van der Waals surface area contributed by atoms with E-state index in [1.54, 1.807) is 23.5 Å². The van der Waals surface area contributed by atoms with Gasteiger partial charge in [0.1, 0.15) is 0 Å². The van der Waals surface area contributed by atoms with Crippen LogP contribution in [-0.2, 0) is 6.42 Å². The largest absolute Gasteiger partial charge is 0.478 e. The van der Waals surface area contributed by atoms with Gasteiger partial charge in [0, 0.05) is 17.1 Å². The lowest BCUT2D eigenvalue weighted by Crippen LogP contribution is -2.05. The molecule has 0 amide bonds. The summed E-state index contributed by atoms with van der Waals surface area (Å²) in [6, 6.07) is 8.69. The van der Waals surface area contributed by atoms with Gasteiger partial charge in [0.2, 0.25) is 0 Å². The number of rotatable bonds is 5. The van der Waals surface area contributed by atoms with Gasteiger partial charge in [-0.2, -0.15) is 0 Å². The van der Waals surface area contributed by atoms with Crippen molar-refractivity contribution in [2.75, 3.05) is 11.9 Å². The van der Waals surface area contributed by atoms with Crippen LogP contribution in [0.2, 0.25) is 9.36 Å². The molecule has 2 N–H and O–H groups in total. The zero-order chi connectivity index (χ0) is 13.8. The number of carboxylic acids is 1. The van der Waals surface area contributed by atoms with Gasteiger partial charge in [-0.3, -0.25) is 0 Å². The van der Waals surface area contributed by atoms with Crippen LogP contribution in [0.1, 0.15) is 15.2 Å². The van der Waals surface area contributed by atoms with Gasteiger partial charge in [0.15, 0.2) is 0 Å². The molecule has 0 bridgehead atoms. The van der Waals surface area contributed by atoms with Gasteiger partial charge in [-0.05, 0) is 36.8 Å². The Bertz CT molecular complexity index is 598. The summed E-state index contributed by atoms with van der Waals surface area (Å²) in [7, 11) is 0. The van der Waals surface area contributed by atoms with E-state index in [1.807, 2.05) is 12.1 Å². The molecule has 2 aromatic rings. The summed E-state index contributed by atoms with van der Waals surface area (Å²) in [5, 5.41) is 12.3. The van der Waals surface area contributed by atoms with Crippen molar-refractivity contribution < 1.29 is 9.90 Å². The first-order chi connectivity index (χ1) is 9.06. The van der Waals surface area contributed by atoms with Crippen LogP contribution in [0, 0.1) is 0 Å². The lowest BCUT2D eigenvalue weighted by atomic mass is 10.2. The van der Waals surface area contributed by atoms with Gasteiger partial charge < -0.3 is 10.4 Å². The van der Waals surface area contributed by atoms with Gasteiger partial charge in [-0.25, -0.2) is 4.79 Å². The Hall–Kier alpha value is -1.23. The normalized spacial score (nSPS) is 10.4. The summed E-state index contributed by atoms with van der Waals surface area (Å²) >= 11 is 13.3.